The molecule has 0 bridgehead atoms. The van der Waals surface area contributed by atoms with E-state index in [1.807, 2.05) is 0 Å². The number of esters is 1. The molecule has 0 atom stereocenters. The number of alkyl halides is 3. The molecule has 0 amide bonds. The molecule has 3 rings (SSSR count). The lowest BCUT2D eigenvalue weighted by molar-refractivity contribution is -0.137. The number of methoxy groups -OCH3 is 1. The summed E-state index contributed by atoms with van der Waals surface area (Å²) >= 11 is 6.61. The minimum absolute atomic E-state index is 0.206. The fourth-order valence-corrected chi connectivity index (χ4v) is 3.40. The van der Waals surface area contributed by atoms with E-state index in [1.165, 1.54) is 25.3 Å². The number of carbonyl (C=O) groups is 1. The summed E-state index contributed by atoms with van der Waals surface area (Å²) in [5.74, 6) is 0.134. The fraction of sp³-hybridized carbons (Fsp3) is 0.105. The number of halogens is 5. The molecule has 0 aromatic heterocycles. The summed E-state index contributed by atoms with van der Waals surface area (Å²) in [6.07, 6.45) is -2.91. The Morgan fingerprint density at radius 3 is 2.33 bits per heavy atom. The first-order chi connectivity index (χ1) is 12.7. The quantitative estimate of drug-likeness (QED) is 0.469. The van der Waals surface area contributed by atoms with Gasteiger partial charge < -0.3 is 9.47 Å². The highest BCUT2D eigenvalue weighted by Crippen LogP contribution is 2.43. The van der Waals surface area contributed by atoms with E-state index in [2.05, 4.69) is 31.9 Å². The maximum Gasteiger partial charge on any atom is 0.416 e. The summed E-state index contributed by atoms with van der Waals surface area (Å²) in [4.78, 5) is 12.1. The Kier molecular flexibility index (Phi) is 5.48. The van der Waals surface area contributed by atoms with Crippen LogP contribution < -0.4 is 4.74 Å². The van der Waals surface area contributed by atoms with Crippen molar-refractivity contribution in [1.82, 2.24) is 0 Å². The molecule has 8 heteroatoms. The van der Waals surface area contributed by atoms with Crippen LogP contribution in [0.2, 0.25) is 0 Å². The lowest BCUT2D eigenvalue weighted by atomic mass is 10.0. The van der Waals surface area contributed by atoms with Crippen molar-refractivity contribution >= 4 is 49.5 Å². The molecule has 140 valence electrons. The second kappa shape index (κ2) is 7.52. The molecule has 0 radical (unpaired) electrons. The molecule has 0 unspecified atom stereocenters. The number of hydrogen-bond donors (Lipinski definition) is 0. The van der Waals surface area contributed by atoms with Gasteiger partial charge in [-0.3, -0.25) is 0 Å². The number of allylic oxidation sites excluding steroid dienone is 1. The Hall–Kier alpha value is -2.06. The van der Waals surface area contributed by atoms with Crippen LogP contribution in [0.1, 0.15) is 16.7 Å². The first-order valence-electron chi connectivity index (χ1n) is 7.56. The van der Waals surface area contributed by atoms with Gasteiger partial charge in [-0.1, -0.05) is 28.1 Å². The maximum absolute atomic E-state index is 12.7. The van der Waals surface area contributed by atoms with E-state index >= 15 is 0 Å². The van der Waals surface area contributed by atoms with Gasteiger partial charge in [0.15, 0.2) is 0 Å². The molecular formula is C19H11Br2F3O3. The van der Waals surface area contributed by atoms with E-state index in [1.54, 1.807) is 18.2 Å². The molecular weight excluding hydrogens is 493 g/mol. The zero-order valence-electron chi connectivity index (χ0n) is 13.7. The molecule has 2 aromatic carbocycles. The van der Waals surface area contributed by atoms with Gasteiger partial charge >= 0.3 is 12.1 Å². The largest absolute Gasteiger partial charge is 0.496 e. The normalized spacial score (nSPS) is 16.1. The summed E-state index contributed by atoms with van der Waals surface area (Å²) in [6.45, 7) is 0. The number of benzene rings is 2. The van der Waals surface area contributed by atoms with Gasteiger partial charge in [-0.2, -0.15) is 13.2 Å². The predicted octanol–water partition coefficient (Wildman–Crippen LogP) is 6.18. The maximum atomic E-state index is 12.7. The Bertz CT molecular complexity index is 961. The third-order valence-corrected chi connectivity index (χ3v) is 5.03. The average Bonchev–Trinajstić information content (AvgIpc) is 2.88. The van der Waals surface area contributed by atoms with Gasteiger partial charge in [0.2, 0.25) is 0 Å². The Morgan fingerprint density at radius 2 is 1.74 bits per heavy atom. The second-order valence-corrected chi connectivity index (χ2v) is 7.26. The second-order valence-electron chi connectivity index (χ2n) is 5.55. The van der Waals surface area contributed by atoms with Crippen molar-refractivity contribution in [2.75, 3.05) is 7.11 Å². The van der Waals surface area contributed by atoms with E-state index in [-0.39, 0.29) is 10.2 Å². The molecule has 0 saturated carbocycles. The summed E-state index contributed by atoms with van der Waals surface area (Å²) in [5, 5.41) is 0. The summed E-state index contributed by atoms with van der Waals surface area (Å²) in [5.41, 5.74) is 0.763. The Balaban J connectivity index is 2.07. The zero-order chi connectivity index (χ0) is 19.8. The van der Waals surface area contributed by atoms with Gasteiger partial charge in [-0.25, -0.2) is 4.79 Å². The molecule has 1 heterocycles. The van der Waals surface area contributed by atoms with Gasteiger partial charge in [-0.15, -0.1) is 0 Å². The van der Waals surface area contributed by atoms with Gasteiger partial charge in [0.05, 0.1) is 12.7 Å². The molecule has 27 heavy (non-hydrogen) atoms. The highest BCUT2D eigenvalue weighted by molar-refractivity contribution is 9.12. The van der Waals surface area contributed by atoms with E-state index in [9.17, 15) is 18.0 Å². The number of carbonyl (C=O) groups excluding carboxylic acids is 1. The van der Waals surface area contributed by atoms with Crippen LogP contribution >= 0.6 is 31.9 Å². The lowest BCUT2D eigenvalue weighted by Gasteiger charge is -2.11. The SMILES string of the molecule is COc1ccc(Br)cc1C1=C(Br)C(=O)O/C1=C\c1ccc(C(F)(F)F)cc1. The lowest BCUT2D eigenvalue weighted by Crippen LogP contribution is -2.04. The van der Waals surface area contributed by atoms with Crippen molar-refractivity contribution < 1.29 is 27.4 Å². The standard InChI is InChI=1S/C19H11Br2F3O3/c1-26-14-7-6-12(20)9-13(14)16-15(27-18(25)17(16)21)8-10-2-4-11(5-3-10)19(22,23)24/h2-9H,1H3/b15-8-. The highest BCUT2D eigenvalue weighted by atomic mass is 79.9. The molecule has 2 aromatic rings. The molecule has 1 aliphatic rings. The van der Waals surface area contributed by atoms with E-state index in [0.717, 1.165) is 16.6 Å². The van der Waals surface area contributed by atoms with Crippen LogP contribution in [0, 0.1) is 0 Å². The fourth-order valence-electron chi connectivity index (χ4n) is 2.55. The Morgan fingerprint density at radius 1 is 1.07 bits per heavy atom. The number of rotatable bonds is 3. The van der Waals surface area contributed by atoms with Crippen LogP contribution in [0.4, 0.5) is 13.2 Å². The molecule has 0 spiro atoms. The number of hydrogen-bond acceptors (Lipinski definition) is 3. The van der Waals surface area contributed by atoms with Crippen LogP contribution in [0.15, 0.2) is 57.2 Å². The van der Waals surface area contributed by atoms with Crippen LogP contribution in [0.25, 0.3) is 11.6 Å². The number of ether oxygens (including phenoxy) is 2. The molecule has 0 saturated heterocycles. The van der Waals surface area contributed by atoms with Crippen LogP contribution in [0.5, 0.6) is 5.75 Å². The third kappa shape index (κ3) is 4.11. The van der Waals surface area contributed by atoms with Crippen LogP contribution in [0.3, 0.4) is 0 Å². The zero-order valence-corrected chi connectivity index (χ0v) is 16.9. The topological polar surface area (TPSA) is 35.5 Å². The third-order valence-electron chi connectivity index (χ3n) is 3.81. The molecule has 0 aliphatic carbocycles. The van der Waals surface area contributed by atoms with E-state index in [0.29, 0.717) is 22.4 Å². The van der Waals surface area contributed by atoms with Crippen molar-refractivity contribution in [3.8, 4) is 5.75 Å². The molecule has 3 nitrogen and oxygen atoms in total. The minimum Gasteiger partial charge on any atom is -0.496 e. The smallest absolute Gasteiger partial charge is 0.416 e. The van der Waals surface area contributed by atoms with Crippen molar-refractivity contribution in [3.05, 3.63) is 73.9 Å². The van der Waals surface area contributed by atoms with Crippen molar-refractivity contribution in [1.29, 1.82) is 0 Å². The summed E-state index contributed by atoms with van der Waals surface area (Å²) in [7, 11) is 1.50. The monoisotopic (exact) mass is 502 g/mol. The van der Waals surface area contributed by atoms with Gasteiger partial charge in [0.25, 0.3) is 0 Å². The average molecular weight is 504 g/mol. The van der Waals surface area contributed by atoms with E-state index < -0.39 is 17.7 Å². The van der Waals surface area contributed by atoms with Crippen LogP contribution in [-0.2, 0) is 15.7 Å². The number of cyclic esters (lactones) is 1. The molecule has 0 fully saturated rings. The van der Waals surface area contributed by atoms with Crippen molar-refractivity contribution in [2.45, 2.75) is 6.18 Å². The summed E-state index contributed by atoms with van der Waals surface area (Å²) < 4.78 is 49.8. The first-order valence-corrected chi connectivity index (χ1v) is 9.14. The van der Waals surface area contributed by atoms with Gasteiger partial charge in [0, 0.05) is 15.6 Å². The van der Waals surface area contributed by atoms with Crippen molar-refractivity contribution in [3.63, 3.8) is 0 Å². The predicted molar refractivity (Wildman–Crippen MR) is 102 cm³/mol. The van der Waals surface area contributed by atoms with Crippen molar-refractivity contribution in [2.24, 2.45) is 0 Å². The van der Waals surface area contributed by atoms with E-state index in [4.69, 9.17) is 9.47 Å². The first kappa shape index (κ1) is 19.7. The summed E-state index contributed by atoms with van der Waals surface area (Å²) in [6, 6.07) is 9.84. The van der Waals surface area contributed by atoms with Crippen LogP contribution in [-0.4, -0.2) is 13.1 Å². The highest BCUT2D eigenvalue weighted by Gasteiger charge is 2.32. The van der Waals surface area contributed by atoms with Gasteiger partial charge in [-0.05, 0) is 57.9 Å². The Labute approximate surface area is 169 Å². The molecule has 0 N–H and O–H groups in total. The van der Waals surface area contributed by atoms with Gasteiger partial charge in [0.1, 0.15) is 16.0 Å². The minimum atomic E-state index is -4.41. The molecule has 1 aliphatic heterocycles.